The maximum atomic E-state index is 11.1. The quantitative estimate of drug-likeness (QED) is 0.613. The Morgan fingerprint density at radius 2 is 2.20 bits per heavy atom. The predicted octanol–water partition coefficient (Wildman–Crippen LogP) is 4.55. The molecule has 20 heavy (non-hydrogen) atoms. The summed E-state index contributed by atoms with van der Waals surface area (Å²) < 4.78 is 0. The van der Waals surface area contributed by atoms with Gasteiger partial charge in [-0.2, -0.15) is 0 Å². The molecule has 2 aromatic rings. The highest BCUT2D eigenvalue weighted by atomic mass is 35.5. The number of nitro groups is 1. The van der Waals surface area contributed by atoms with E-state index in [1.54, 1.807) is 30.5 Å². The molecule has 0 bridgehead atoms. The molecule has 2 rings (SSSR count). The monoisotopic (exact) mass is 290 g/mol. The van der Waals surface area contributed by atoms with Gasteiger partial charge in [-0.1, -0.05) is 31.5 Å². The molecular formula is C15H15ClN2O2. The predicted molar refractivity (Wildman–Crippen MR) is 81.2 cm³/mol. The molecule has 0 fully saturated rings. The molecule has 0 saturated heterocycles. The van der Waals surface area contributed by atoms with Crippen LogP contribution in [0.3, 0.4) is 0 Å². The zero-order chi connectivity index (χ0) is 14.7. The fourth-order valence-corrected chi connectivity index (χ4v) is 2.28. The summed E-state index contributed by atoms with van der Waals surface area (Å²) in [5.41, 5.74) is 1.59. The van der Waals surface area contributed by atoms with E-state index in [1.807, 2.05) is 19.9 Å². The van der Waals surface area contributed by atoms with E-state index in [4.69, 9.17) is 11.6 Å². The van der Waals surface area contributed by atoms with Crippen molar-refractivity contribution in [2.24, 2.45) is 5.92 Å². The molecule has 0 aliphatic carbocycles. The van der Waals surface area contributed by atoms with E-state index >= 15 is 0 Å². The van der Waals surface area contributed by atoms with Gasteiger partial charge in [0.25, 0.3) is 0 Å². The van der Waals surface area contributed by atoms with Crippen molar-refractivity contribution in [3.8, 4) is 0 Å². The molecule has 104 valence electrons. The number of pyridine rings is 1. The summed E-state index contributed by atoms with van der Waals surface area (Å²) >= 11 is 6.12. The Bertz CT molecular complexity index is 681. The number of nitrogens with zero attached hydrogens (tertiary/aromatic N) is 2. The standard InChI is InChI=1S/C15H15ClN2O2/c1-10(2)8-12(18(19)20)9-11-5-6-14(16)13-4-3-7-17-15(11)13/h3-7,9-10H,8H2,1-2H3/b12-9-. The fourth-order valence-electron chi connectivity index (χ4n) is 2.06. The Labute approximate surface area is 122 Å². The Hall–Kier alpha value is -1.94. The average molecular weight is 291 g/mol. The number of benzene rings is 1. The first-order valence-corrected chi connectivity index (χ1v) is 6.75. The number of hydrogen-bond acceptors (Lipinski definition) is 3. The molecule has 0 saturated carbocycles. The molecule has 1 aromatic carbocycles. The van der Waals surface area contributed by atoms with Crippen molar-refractivity contribution < 1.29 is 4.92 Å². The Morgan fingerprint density at radius 3 is 2.85 bits per heavy atom. The van der Waals surface area contributed by atoms with Crippen LogP contribution in [-0.4, -0.2) is 9.91 Å². The fraction of sp³-hybridized carbons (Fsp3) is 0.267. The molecule has 0 amide bonds. The summed E-state index contributed by atoms with van der Waals surface area (Å²) in [7, 11) is 0. The lowest BCUT2D eigenvalue weighted by atomic mass is 10.0. The van der Waals surface area contributed by atoms with E-state index in [1.165, 1.54) is 0 Å². The van der Waals surface area contributed by atoms with Gasteiger partial charge in [0.1, 0.15) is 0 Å². The van der Waals surface area contributed by atoms with E-state index in [2.05, 4.69) is 4.98 Å². The first-order valence-electron chi connectivity index (χ1n) is 6.37. The zero-order valence-corrected chi connectivity index (χ0v) is 12.1. The van der Waals surface area contributed by atoms with Crippen LogP contribution in [0.1, 0.15) is 25.8 Å². The maximum absolute atomic E-state index is 11.1. The molecule has 0 unspecified atom stereocenters. The molecule has 1 aromatic heterocycles. The van der Waals surface area contributed by atoms with E-state index in [0.29, 0.717) is 17.0 Å². The smallest absolute Gasteiger partial charge is 0.247 e. The SMILES string of the molecule is CC(C)C/C(=C/c1ccc(Cl)c2cccnc12)[N+](=O)[O-]. The van der Waals surface area contributed by atoms with Gasteiger partial charge in [-0.3, -0.25) is 15.1 Å². The first kappa shape index (κ1) is 14.5. The van der Waals surface area contributed by atoms with Crippen molar-refractivity contribution >= 4 is 28.6 Å². The minimum absolute atomic E-state index is 0.189. The first-order chi connectivity index (χ1) is 9.49. The van der Waals surface area contributed by atoms with Gasteiger partial charge in [-0.05, 0) is 24.1 Å². The number of fused-ring (bicyclic) bond motifs is 1. The van der Waals surface area contributed by atoms with Gasteiger partial charge in [-0.25, -0.2) is 0 Å². The zero-order valence-electron chi connectivity index (χ0n) is 11.3. The molecule has 0 spiro atoms. The topological polar surface area (TPSA) is 56.0 Å². The lowest BCUT2D eigenvalue weighted by molar-refractivity contribution is -0.427. The van der Waals surface area contributed by atoms with Crippen LogP contribution in [0.25, 0.3) is 17.0 Å². The molecule has 0 radical (unpaired) electrons. The highest BCUT2D eigenvalue weighted by Gasteiger charge is 2.14. The molecule has 4 nitrogen and oxygen atoms in total. The van der Waals surface area contributed by atoms with Gasteiger partial charge in [0.05, 0.1) is 15.5 Å². The van der Waals surface area contributed by atoms with Crippen molar-refractivity contribution in [2.45, 2.75) is 20.3 Å². The van der Waals surface area contributed by atoms with Gasteiger partial charge in [0.2, 0.25) is 5.70 Å². The van der Waals surface area contributed by atoms with Gasteiger partial charge >= 0.3 is 0 Å². The van der Waals surface area contributed by atoms with Gasteiger partial charge < -0.3 is 0 Å². The minimum Gasteiger partial charge on any atom is -0.259 e. The van der Waals surface area contributed by atoms with Crippen LogP contribution in [0.15, 0.2) is 36.2 Å². The highest BCUT2D eigenvalue weighted by molar-refractivity contribution is 6.35. The van der Waals surface area contributed by atoms with E-state index in [9.17, 15) is 10.1 Å². The average Bonchev–Trinajstić information content (AvgIpc) is 2.40. The van der Waals surface area contributed by atoms with Crippen molar-refractivity contribution in [3.05, 3.63) is 56.9 Å². The van der Waals surface area contributed by atoms with Crippen molar-refractivity contribution in [1.29, 1.82) is 0 Å². The molecule has 1 heterocycles. The largest absolute Gasteiger partial charge is 0.259 e. The third-order valence-corrected chi connectivity index (χ3v) is 3.25. The molecule has 0 N–H and O–H groups in total. The second kappa shape index (κ2) is 6.01. The van der Waals surface area contributed by atoms with Crippen LogP contribution >= 0.6 is 11.6 Å². The van der Waals surface area contributed by atoms with Gasteiger partial charge in [0.15, 0.2) is 0 Å². The number of allylic oxidation sites excluding steroid dienone is 1. The molecular weight excluding hydrogens is 276 g/mol. The summed E-state index contributed by atoms with van der Waals surface area (Å²) in [4.78, 5) is 15.1. The van der Waals surface area contributed by atoms with Crippen LogP contribution in [0.2, 0.25) is 5.02 Å². The van der Waals surface area contributed by atoms with E-state index in [0.717, 1.165) is 10.9 Å². The number of rotatable bonds is 4. The van der Waals surface area contributed by atoms with Crippen molar-refractivity contribution in [2.75, 3.05) is 0 Å². The summed E-state index contributed by atoms with van der Waals surface area (Å²) in [5.74, 6) is 0.221. The number of aromatic nitrogens is 1. The Kier molecular flexibility index (Phi) is 4.35. The number of hydrogen-bond donors (Lipinski definition) is 0. The maximum Gasteiger partial charge on any atom is 0.247 e. The lowest BCUT2D eigenvalue weighted by Gasteiger charge is -2.05. The third-order valence-electron chi connectivity index (χ3n) is 2.92. The number of halogens is 1. The van der Waals surface area contributed by atoms with Gasteiger partial charge in [0, 0.05) is 29.6 Å². The van der Waals surface area contributed by atoms with Crippen LogP contribution in [0.4, 0.5) is 0 Å². The van der Waals surface area contributed by atoms with Crippen LogP contribution < -0.4 is 0 Å². The minimum atomic E-state index is -0.330. The summed E-state index contributed by atoms with van der Waals surface area (Å²) in [6.07, 6.45) is 3.67. The molecule has 0 aliphatic heterocycles. The summed E-state index contributed by atoms with van der Waals surface area (Å²) in [6.45, 7) is 3.91. The highest BCUT2D eigenvalue weighted by Crippen LogP contribution is 2.27. The van der Waals surface area contributed by atoms with Crippen LogP contribution in [-0.2, 0) is 0 Å². The van der Waals surface area contributed by atoms with Crippen molar-refractivity contribution in [3.63, 3.8) is 0 Å². The van der Waals surface area contributed by atoms with Gasteiger partial charge in [-0.15, -0.1) is 0 Å². The third kappa shape index (κ3) is 3.14. The van der Waals surface area contributed by atoms with E-state index in [-0.39, 0.29) is 16.5 Å². The van der Waals surface area contributed by atoms with E-state index < -0.39 is 0 Å². The summed E-state index contributed by atoms with van der Waals surface area (Å²) in [6, 6.07) is 7.16. The molecule has 0 aliphatic rings. The normalized spacial score (nSPS) is 12.1. The molecule has 5 heteroatoms. The second-order valence-electron chi connectivity index (χ2n) is 5.03. The van der Waals surface area contributed by atoms with Crippen LogP contribution in [0, 0.1) is 16.0 Å². The lowest BCUT2D eigenvalue weighted by Crippen LogP contribution is -2.02. The summed E-state index contributed by atoms with van der Waals surface area (Å²) in [5, 5.41) is 12.5. The second-order valence-corrected chi connectivity index (χ2v) is 5.43. The van der Waals surface area contributed by atoms with Crippen molar-refractivity contribution in [1.82, 2.24) is 4.98 Å². The Balaban J connectivity index is 2.57. The Morgan fingerprint density at radius 1 is 1.45 bits per heavy atom. The molecule has 0 atom stereocenters. The van der Waals surface area contributed by atoms with Crippen LogP contribution in [0.5, 0.6) is 0 Å².